The monoisotopic (exact) mass is 112 g/mol. The summed E-state index contributed by atoms with van der Waals surface area (Å²) in [6, 6.07) is 0. The summed E-state index contributed by atoms with van der Waals surface area (Å²) >= 11 is 5.67. The zero-order chi connectivity index (χ0) is 4.50. The van der Waals surface area contributed by atoms with Crippen LogP contribution in [0.3, 0.4) is 0 Å². The molecule has 0 amide bonds. The third-order valence-electron chi connectivity index (χ3n) is 0. The molecule has 0 N–H and O–H groups in total. The van der Waals surface area contributed by atoms with Gasteiger partial charge >= 0.3 is 37.9 Å². The predicted molar refractivity (Wildman–Crippen MR) is 31.9 cm³/mol. The van der Waals surface area contributed by atoms with E-state index in [1.165, 1.54) is 0 Å². The van der Waals surface area contributed by atoms with E-state index < -0.39 is 6.62 Å². The number of hydrogen-bond acceptors (Lipinski definition) is 0. The van der Waals surface area contributed by atoms with Crippen molar-refractivity contribution in [1.29, 1.82) is 0 Å². The molecule has 34 valence electrons. The summed E-state index contributed by atoms with van der Waals surface area (Å²) in [4.78, 5) is 0. The van der Waals surface area contributed by atoms with E-state index in [0.717, 1.165) is 0 Å². The summed E-state index contributed by atoms with van der Waals surface area (Å²) in [7, 11) is 0. The van der Waals surface area contributed by atoms with E-state index in [-0.39, 0.29) is 0 Å². The Morgan fingerprint density at radius 3 is 1.20 bits per heavy atom. The average Bonchev–Trinajstić information content (AvgIpc) is 0.722. The summed E-state index contributed by atoms with van der Waals surface area (Å²) in [5, 5.41) is 0. The molecule has 0 heterocycles. The van der Waals surface area contributed by atoms with E-state index in [2.05, 4.69) is 20.0 Å². The maximum absolute atomic E-state index is 5.67. The van der Waals surface area contributed by atoms with Crippen LogP contribution in [-0.2, 0) is 0 Å². The summed E-state index contributed by atoms with van der Waals surface area (Å²) < 4.78 is 0. The maximum atomic E-state index is 5.67. The average molecular weight is 113 g/mol. The molecule has 0 aliphatic heterocycles. The van der Waals surface area contributed by atoms with Crippen molar-refractivity contribution in [3.63, 3.8) is 0 Å². The quantitative estimate of drug-likeness (QED) is 0.419. The zero-order valence-corrected chi connectivity index (χ0v) is 5.63. The first-order chi connectivity index (χ1) is 2.00. The van der Waals surface area contributed by atoms with Gasteiger partial charge in [0, 0.05) is 0 Å². The normalized spacial score (nSPS) is 15.2. The first-order valence-corrected chi connectivity index (χ1v) is 6.20. The molecule has 0 aliphatic carbocycles. The van der Waals surface area contributed by atoms with E-state index in [0.29, 0.717) is 0 Å². The van der Waals surface area contributed by atoms with Gasteiger partial charge in [-0.25, -0.2) is 0 Å². The van der Waals surface area contributed by atoms with Crippen LogP contribution < -0.4 is 0 Å². The van der Waals surface area contributed by atoms with E-state index >= 15 is 0 Å². The van der Waals surface area contributed by atoms with Crippen LogP contribution in [0.2, 0.25) is 0 Å². The van der Waals surface area contributed by atoms with Crippen molar-refractivity contribution in [1.82, 2.24) is 0 Å². The molecule has 0 aromatic rings. The predicted octanol–water partition coefficient (Wildman–Crippen LogP) is 1.78. The molecule has 0 bridgehead atoms. The van der Waals surface area contributed by atoms with Crippen molar-refractivity contribution in [3.05, 3.63) is 0 Å². The molecule has 0 fully saturated rings. The van der Waals surface area contributed by atoms with Crippen LogP contribution in [0, 0.1) is 0 Å². The first-order valence-electron chi connectivity index (χ1n) is 1.69. The molecule has 0 unspecified atom stereocenters. The van der Waals surface area contributed by atoms with E-state index in [1.807, 2.05) is 0 Å². The van der Waals surface area contributed by atoms with Gasteiger partial charge in [-0.15, -0.1) is 0 Å². The van der Waals surface area contributed by atoms with Gasteiger partial charge in [0.05, 0.1) is 0 Å². The Kier molecular flexibility index (Phi) is 1.65. The fraction of sp³-hybridized carbons (Fsp3) is 1.00. The van der Waals surface area contributed by atoms with Gasteiger partial charge < -0.3 is 0 Å². The molecule has 0 saturated carbocycles. The van der Waals surface area contributed by atoms with Crippen LogP contribution >= 0.6 is 17.9 Å². The molecular weight excluding hydrogens is 102 g/mol. The van der Waals surface area contributed by atoms with Crippen molar-refractivity contribution in [2.75, 3.05) is 20.0 Å². The Morgan fingerprint density at radius 2 is 1.20 bits per heavy atom. The van der Waals surface area contributed by atoms with Crippen molar-refractivity contribution in [3.8, 4) is 0 Å². The van der Waals surface area contributed by atoms with E-state index in [4.69, 9.17) is 11.2 Å². The Morgan fingerprint density at radius 1 is 1.20 bits per heavy atom. The van der Waals surface area contributed by atoms with Crippen molar-refractivity contribution in [2.45, 2.75) is 0 Å². The molecule has 0 spiro atoms. The van der Waals surface area contributed by atoms with Gasteiger partial charge in [0.1, 0.15) is 0 Å². The Hall–Kier alpha value is 0.720. The van der Waals surface area contributed by atoms with Crippen molar-refractivity contribution < 1.29 is 0 Å². The van der Waals surface area contributed by atoms with Gasteiger partial charge in [-0.2, -0.15) is 0 Å². The van der Waals surface area contributed by atoms with Gasteiger partial charge in [0.25, 0.3) is 0 Å². The minimum atomic E-state index is -1.14. The summed E-state index contributed by atoms with van der Waals surface area (Å²) in [5.41, 5.74) is 0. The molecule has 0 saturated heterocycles. The molecule has 2 heteroatoms. The summed E-state index contributed by atoms with van der Waals surface area (Å²) in [6.07, 6.45) is 0. The van der Waals surface area contributed by atoms with E-state index in [1.54, 1.807) is 0 Å². The minimum absolute atomic E-state index is 1.14. The molecule has 0 rings (SSSR count). The summed E-state index contributed by atoms with van der Waals surface area (Å²) in [5.74, 6) is 0. The van der Waals surface area contributed by atoms with E-state index in [9.17, 15) is 0 Å². The number of hydrogen-bond donors (Lipinski definition) is 0. The fourth-order valence-electron chi connectivity index (χ4n) is 0. The fourth-order valence-corrected chi connectivity index (χ4v) is 0. The van der Waals surface area contributed by atoms with Gasteiger partial charge in [-0.1, -0.05) is 0 Å². The third-order valence-corrected chi connectivity index (χ3v) is 0. The molecule has 0 nitrogen and oxygen atoms in total. The second-order valence-corrected chi connectivity index (χ2v) is 9.60. The van der Waals surface area contributed by atoms with Crippen LogP contribution in [0.4, 0.5) is 0 Å². The topological polar surface area (TPSA) is 0 Å². The second kappa shape index (κ2) is 1.45. The number of halogens is 1. The van der Waals surface area contributed by atoms with Gasteiger partial charge in [-0.3, -0.25) is 0 Å². The second-order valence-electron chi connectivity index (χ2n) is 2.07. The Bertz CT molecular complexity index is 22.4. The SMILES string of the molecule is C[PH](C)(C)Cl. The van der Waals surface area contributed by atoms with Gasteiger partial charge in [0.2, 0.25) is 0 Å². The van der Waals surface area contributed by atoms with Crippen LogP contribution in [0.1, 0.15) is 0 Å². The van der Waals surface area contributed by atoms with Crippen molar-refractivity contribution in [2.24, 2.45) is 0 Å². The Labute approximate surface area is 38.6 Å². The van der Waals surface area contributed by atoms with Gasteiger partial charge in [-0.05, 0) is 0 Å². The first kappa shape index (κ1) is 5.72. The van der Waals surface area contributed by atoms with Gasteiger partial charge in [0.15, 0.2) is 0 Å². The molecule has 0 radical (unpaired) electrons. The zero-order valence-electron chi connectivity index (χ0n) is 3.88. The molecular formula is C3H10ClP. The van der Waals surface area contributed by atoms with Crippen molar-refractivity contribution >= 4 is 17.9 Å². The van der Waals surface area contributed by atoms with Crippen LogP contribution in [-0.4, -0.2) is 20.0 Å². The molecule has 5 heavy (non-hydrogen) atoms. The molecule has 0 aromatic carbocycles. The standard InChI is InChI=1S/C3H10ClP/c1-5(2,3)4/h5H,1-3H3. The molecule has 0 aliphatic rings. The molecule has 0 atom stereocenters. The Balaban J connectivity index is 3.02. The van der Waals surface area contributed by atoms with Crippen LogP contribution in [0.5, 0.6) is 0 Å². The summed E-state index contributed by atoms with van der Waals surface area (Å²) in [6.45, 7) is 5.14. The van der Waals surface area contributed by atoms with Crippen LogP contribution in [0.15, 0.2) is 0 Å². The number of rotatable bonds is 0. The van der Waals surface area contributed by atoms with Crippen LogP contribution in [0.25, 0.3) is 0 Å². The molecule has 0 aromatic heterocycles. The third kappa shape index (κ3) is 67.4.